The fourth-order valence-electron chi connectivity index (χ4n) is 4.28. The second kappa shape index (κ2) is 9.36. The Labute approximate surface area is 183 Å². The van der Waals surface area contributed by atoms with Crippen molar-refractivity contribution in [2.24, 2.45) is 0 Å². The van der Waals surface area contributed by atoms with Gasteiger partial charge in [-0.2, -0.15) is 4.31 Å². The molecule has 2 aromatic rings. The van der Waals surface area contributed by atoms with Crippen molar-refractivity contribution in [3.8, 4) is 5.75 Å². The molecular formula is C23H30N2O5S. The summed E-state index contributed by atoms with van der Waals surface area (Å²) < 4.78 is 32.6. The number of nitrogens with zero attached hydrogens (tertiary/aromatic N) is 1. The van der Waals surface area contributed by atoms with Crippen molar-refractivity contribution in [2.45, 2.75) is 57.8 Å². The number of rotatable bonds is 8. The fraction of sp³-hybridized carbons (Fsp3) is 0.478. The molecule has 1 aliphatic rings. The van der Waals surface area contributed by atoms with Crippen molar-refractivity contribution < 1.29 is 22.7 Å². The van der Waals surface area contributed by atoms with E-state index < -0.39 is 10.0 Å². The van der Waals surface area contributed by atoms with Crippen LogP contribution in [0.1, 0.15) is 70.8 Å². The number of H-pyrrole nitrogens is 1. The van der Waals surface area contributed by atoms with Crippen molar-refractivity contribution in [3.63, 3.8) is 0 Å². The summed E-state index contributed by atoms with van der Waals surface area (Å²) in [6.07, 6.45) is 2.83. The van der Waals surface area contributed by atoms with Gasteiger partial charge in [-0.25, -0.2) is 8.42 Å². The number of methoxy groups -OCH3 is 1. The van der Waals surface area contributed by atoms with Crippen molar-refractivity contribution in [3.05, 3.63) is 46.3 Å². The topological polar surface area (TPSA) is 96.5 Å². The average molecular weight is 447 g/mol. The largest absolute Gasteiger partial charge is 0.496 e. The number of aromatic amines is 1. The van der Waals surface area contributed by atoms with E-state index in [0.29, 0.717) is 48.5 Å². The molecule has 1 aromatic heterocycles. The molecule has 0 saturated heterocycles. The van der Waals surface area contributed by atoms with Gasteiger partial charge in [0.2, 0.25) is 10.0 Å². The van der Waals surface area contributed by atoms with Crippen molar-refractivity contribution in [2.75, 3.05) is 20.2 Å². The molecule has 31 heavy (non-hydrogen) atoms. The maximum Gasteiger partial charge on any atom is 0.243 e. The number of nitrogens with one attached hydrogen (secondary N) is 1. The lowest BCUT2D eigenvalue weighted by atomic mass is 9.98. The average Bonchev–Trinajstić information content (AvgIpc) is 2.95. The van der Waals surface area contributed by atoms with E-state index in [1.165, 1.54) is 23.5 Å². The van der Waals surface area contributed by atoms with Crippen LogP contribution in [0.3, 0.4) is 0 Å². The van der Waals surface area contributed by atoms with Crippen molar-refractivity contribution in [1.82, 2.24) is 9.29 Å². The molecule has 0 aliphatic heterocycles. The Kier molecular flexibility index (Phi) is 7.01. The van der Waals surface area contributed by atoms with Crippen LogP contribution in [0.5, 0.6) is 5.75 Å². The van der Waals surface area contributed by atoms with Gasteiger partial charge in [0.05, 0.1) is 17.7 Å². The fourth-order valence-corrected chi connectivity index (χ4v) is 5.79. The van der Waals surface area contributed by atoms with Gasteiger partial charge in [0, 0.05) is 42.8 Å². The zero-order chi connectivity index (χ0) is 22.8. The zero-order valence-corrected chi connectivity index (χ0v) is 19.4. The van der Waals surface area contributed by atoms with Gasteiger partial charge in [-0.15, -0.1) is 0 Å². The first kappa shape index (κ1) is 23.2. The Hall–Kier alpha value is -2.45. The summed E-state index contributed by atoms with van der Waals surface area (Å²) in [7, 11) is -2.17. The predicted molar refractivity (Wildman–Crippen MR) is 119 cm³/mol. The van der Waals surface area contributed by atoms with Crippen LogP contribution in [0.2, 0.25) is 0 Å². The van der Waals surface area contributed by atoms with Gasteiger partial charge >= 0.3 is 0 Å². The SMILES string of the molecule is CCN(CC)S(=O)(=O)c1ccc(OC)c(CC(=O)c2[nH]c(C)c3c2CCCCC3=O)c1. The van der Waals surface area contributed by atoms with E-state index >= 15 is 0 Å². The van der Waals surface area contributed by atoms with Crippen LogP contribution in [0.25, 0.3) is 0 Å². The minimum atomic E-state index is -3.66. The quantitative estimate of drug-likeness (QED) is 0.493. The molecule has 8 heteroatoms. The smallest absolute Gasteiger partial charge is 0.243 e. The van der Waals surface area contributed by atoms with Crippen LogP contribution < -0.4 is 4.74 Å². The summed E-state index contributed by atoms with van der Waals surface area (Å²) in [6.45, 7) is 6.12. The van der Waals surface area contributed by atoms with Crippen LogP contribution in [-0.2, 0) is 22.9 Å². The van der Waals surface area contributed by atoms with Gasteiger partial charge in [0.15, 0.2) is 11.6 Å². The third-order valence-corrected chi connectivity index (χ3v) is 7.92. The Morgan fingerprint density at radius 1 is 1.16 bits per heavy atom. The second-order valence-corrected chi connectivity index (χ2v) is 9.71. The lowest BCUT2D eigenvalue weighted by Gasteiger charge is -2.19. The van der Waals surface area contributed by atoms with E-state index in [1.807, 2.05) is 6.92 Å². The van der Waals surface area contributed by atoms with E-state index in [4.69, 9.17) is 4.74 Å². The highest BCUT2D eigenvalue weighted by molar-refractivity contribution is 7.89. The van der Waals surface area contributed by atoms with Gasteiger partial charge in [-0.05, 0) is 49.9 Å². The summed E-state index contributed by atoms with van der Waals surface area (Å²) in [6, 6.07) is 4.61. The number of ether oxygens (including phenoxy) is 1. The zero-order valence-electron chi connectivity index (χ0n) is 18.6. The molecule has 168 valence electrons. The summed E-state index contributed by atoms with van der Waals surface area (Å²) >= 11 is 0. The highest BCUT2D eigenvalue weighted by Gasteiger charge is 2.28. The molecule has 1 aromatic carbocycles. The molecule has 0 bridgehead atoms. The molecule has 0 saturated carbocycles. The van der Waals surface area contributed by atoms with Gasteiger partial charge in [-0.1, -0.05) is 13.8 Å². The molecular weight excluding hydrogens is 416 g/mol. The number of carbonyl (C=O) groups excluding carboxylic acids is 2. The number of aryl methyl sites for hydroxylation is 1. The van der Waals surface area contributed by atoms with Crippen LogP contribution in [0.15, 0.2) is 23.1 Å². The van der Waals surface area contributed by atoms with E-state index in [0.717, 1.165) is 24.1 Å². The molecule has 1 heterocycles. The van der Waals surface area contributed by atoms with Crippen LogP contribution in [-0.4, -0.2) is 49.5 Å². The van der Waals surface area contributed by atoms with Crippen molar-refractivity contribution >= 4 is 21.6 Å². The summed E-state index contributed by atoms with van der Waals surface area (Å²) in [5.41, 5.74) is 3.10. The maximum atomic E-state index is 13.2. The standard InChI is InChI=1S/C23H30N2O5S/c1-5-25(6-2)31(28,29)17-11-12-21(30-4)16(13-17)14-20(27)23-18-9-7-8-10-19(26)22(18)15(3)24-23/h11-13,24H,5-10,14H2,1-4H3. The number of ketones is 2. The van der Waals surface area contributed by atoms with Gasteiger partial charge in [-0.3, -0.25) is 9.59 Å². The number of hydrogen-bond donors (Lipinski definition) is 1. The number of benzene rings is 1. The van der Waals surface area contributed by atoms with Crippen molar-refractivity contribution in [1.29, 1.82) is 0 Å². The number of hydrogen-bond acceptors (Lipinski definition) is 5. The number of Topliss-reactive ketones (excluding diaryl/α,β-unsaturated/α-hetero) is 2. The summed E-state index contributed by atoms with van der Waals surface area (Å²) in [5, 5.41) is 0. The van der Waals surface area contributed by atoms with E-state index in [2.05, 4.69) is 4.98 Å². The maximum absolute atomic E-state index is 13.2. The first-order valence-electron chi connectivity index (χ1n) is 10.7. The number of carbonyl (C=O) groups is 2. The molecule has 0 spiro atoms. The Morgan fingerprint density at radius 3 is 2.48 bits per heavy atom. The van der Waals surface area contributed by atoms with Crippen LogP contribution in [0.4, 0.5) is 0 Å². The molecule has 0 amide bonds. The summed E-state index contributed by atoms with van der Waals surface area (Å²) in [5.74, 6) is 0.345. The number of aromatic nitrogens is 1. The Morgan fingerprint density at radius 2 is 1.84 bits per heavy atom. The van der Waals surface area contributed by atoms with E-state index in [1.54, 1.807) is 19.9 Å². The normalized spacial score (nSPS) is 14.4. The minimum absolute atomic E-state index is 0.0225. The first-order valence-corrected chi connectivity index (χ1v) is 12.1. The second-order valence-electron chi connectivity index (χ2n) is 7.77. The molecule has 0 unspecified atom stereocenters. The van der Waals surface area contributed by atoms with Crippen LogP contribution in [0, 0.1) is 6.92 Å². The molecule has 7 nitrogen and oxygen atoms in total. The lowest BCUT2D eigenvalue weighted by molar-refractivity contribution is 0.0978. The minimum Gasteiger partial charge on any atom is -0.496 e. The monoisotopic (exact) mass is 446 g/mol. The third-order valence-electron chi connectivity index (χ3n) is 5.88. The van der Waals surface area contributed by atoms with E-state index in [-0.39, 0.29) is 22.9 Å². The summed E-state index contributed by atoms with van der Waals surface area (Å²) in [4.78, 5) is 29.0. The molecule has 3 rings (SSSR count). The molecule has 1 N–H and O–H groups in total. The lowest BCUT2D eigenvalue weighted by Crippen LogP contribution is -2.30. The molecule has 1 aliphatic carbocycles. The predicted octanol–water partition coefficient (Wildman–Crippen LogP) is 3.70. The Balaban J connectivity index is 1.99. The molecule has 0 atom stereocenters. The first-order chi connectivity index (χ1) is 14.7. The van der Waals surface area contributed by atoms with Gasteiger partial charge in [0.25, 0.3) is 0 Å². The highest BCUT2D eigenvalue weighted by Crippen LogP contribution is 2.30. The third kappa shape index (κ3) is 4.45. The van der Waals surface area contributed by atoms with Gasteiger partial charge < -0.3 is 9.72 Å². The highest BCUT2D eigenvalue weighted by atomic mass is 32.2. The molecule has 0 radical (unpaired) electrons. The van der Waals surface area contributed by atoms with Gasteiger partial charge in [0.1, 0.15) is 5.75 Å². The van der Waals surface area contributed by atoms with Crippen LogP contribution >= 0.6 is 0 Å². The molecule has 0 fully saturated rings. The van der Waals surface area contributed by atoms with E-state index in [9.17, 15) is 18.0 Å². The number of fused-ring (bicyclic) bond motifs is 1. The number of sulfonamides is 1. The Bertz CT molecular complexity index is 1100.